The van der Waals surface area contributed by atoms with E-state index in [-0.39, 0.29) is 0 Å². The van der Waals surface area contributed by atoms with Crippen molar-refractivity contribution in [2.45, 2.75) is 33.2 Å². The zero-order valence-corrected chi connectivity index (χ0v) is 13.7. The lowest BCUT2D eigenvalue weighted by atomic mass is 10.2. The summed E-state index contributed by atoms with van der Waals surface area (Å²) in [4.78, 5) is 11.0. The van der Waals surface area contributed by atoms with E-state index >= 15 is 0 Å². The molecule has 5 nitrogen and oxygen atoms in total. The number of hydrogen-bond donors (Lipinski definition) is 3. The fourth-order valence-corrected chi connectivity index (χ4v) is 3.61. The molecule has 0 fully saturated rings. The normalized spacial score (nSPS) is 12.6. The van der Waals surface area contributed by atoms with Gasteiger partial charge in [-0.05, 0) is 37.8 Å². The Bertz CT molecular complexity index is 569. The zero-order valence-electron chi connectivity index (χ0n) is 12.1. The molecule has 20 heavy (non-hydrogen) atoms. The second-order valence-corrected chi connectivity index (χ2v) is 7.28. The second kappa shape index (κ2) is 7.10. The molecule has 0 aromatic carbocycles. The van der Waals surface area contributed by atoms with Crippen LogP contribution in [0.4, 0.5) is 11.8 Å². The van der Waals surface area contributed by atoms with Gasteiger partial charge in [0.2, 0.25) is 5.95 Å². The molecule has 1 atom stereocenters. The van der Waals surface area contributed by atoms with Crippen molar-refractivity contribution in [1.29, 1.82) is 0 Å². The summed E-state index contributed by atoms with van der Waals surface area (Å²) in [7, 11) is 0. The predicted molar refractivity (Wildman–Crippen MR) is 90.7 cm³/mol. The van der Waals surface area contributed by atoms with Gasteiger partial charge in [-0.2, -0.15) is 16.7 Å². The summed E-state index contributed by atoms with van der Waals surface area (Å²) in [5.41, 5.74) is 2.53. The number of anilines is 2. The summed E-state index contributed by atoms with van der Waals surface area (Å²) in [5, 5.41) is 4.55. The first kappa shape index (κ1) is 15.3. The molecular formula is C13H21N5S2. The van der Waals surface area contributed by atoms with Gasteiger partial charge in [-0.3, -0.25) is 5.43 Å². The Morgan fingerprint density at radius 3 is 2.95 bits per heavy atom. The van der Waals surface area contributed by atoms with Gasteiger partial charge in [0.05, 0.1) is 5.39 Å². The molecule has 2 rings (SSSR count). The van der Waals surface area contributed by atoms with Gasteiger partial charge in [0, 0.05) is 10.9 Å². The van der Waals surface area contributed by atoms with E-state index in [9.17, 15) is 0 Å². The Balaban J connectivity index is 2.19. The minimum absolute atomic E-state index is 0.373. The topological polar surface area (TPSA) is 75.9 Å². The molecule has 0 aliphatic rings. The first-order chi connectivity index (χ1) is 9.63. The number of nitrogens with two attached hydrogens (primary N) is 1. The second-order valence-electron chi connectivity index (χ2n) is 4.65. The molecule has 2 heterocycles. The molecule has 2 aromatic heterocycles. The highest BCUT2D eigenvalue weighted by molar-refractivity contribution is 7.99. The van der Waals surface area contributed by atoms with Crippen LogP contribution in [-0.2, 0) is 0 Å². The van der Waals surface area contributed by atoms with E-state index in [4.69, 9.17) is 5.84 Å². The monoisotopic (exact) mass is 311 g/mol. The van der Waals surface area contributed by atoms with Gasteiger partial charge in [-0.25, -0.2) is 10.8 Å². The van der Waals surface area contributed by atoms with Crippen LogP contribution in [0.15, 0.2) is 6.07 Å². The minimum atomic E-state index is 0.373. The van der Waals surface area contributed by atoms with E-state index < -0.39 is 0 Å². The molecule has 1 unspecified atom stereocenters. The van der Waals surface area contributed by atoms with Crippen LogP contribution in [0, 0.1) is 6.92 Å². The Hall–Kier alpha value is -1.05. The summed E-state index contributed by atoms with van der Waals surface area (Å²) >= 11 is 3.61. The van der Waals surface area contributed by atoms with Crippen molar-refractivity contribution in [3.63, 3.8) is 0 Å². The quantitative estimate of drug-likeness (QED) is 0.414. The lowest BCUT2D eigenvalue weighted by Gasteiger charge is -2.15. The minimum Gasteiger partial charge on any atom is -0.367 e. The fourth-order valence-electron chi connectivity index (χ4n) is 1.93. The maximum Gasteiger partial charge on any atom is 0.240 e. The standard InChI is InChI=1S/C13H21N5S2/c1-4-19-6-5-8(2)15-11-10-7-9(3)20-12(10)17-13(16-11)18-14/h7-8H,4-6,14H2,1-3H3,(H2,15,16,17,18). The largest absolute Gasteiger partial charge is 0.367 e. The predicted octanol–water partition coefficient (Wildman–Crippen LogP) is 3.23. The van der Waals surface area contributed by atoms with Gasteiger partial charge in [0.1, 0.15) is 10.6 Å². The van der Waals surface area contributed by atoms with Crippen molar-refractivity contribution in [2.24, 2.45) is 5.84 Å². The van der Waals surface area contributed by atoms with E-state index in [2.05, 4.69) is 47.5 Å². The van der Waals surface area contributed by atoms with E-state index in [1.807, 2.05) is 11.8 Å². The summed E-state index contributed by atoms with van der Waals surface area (Å²) in [6, 6.07) is 2.49. The Kier molecular flexibility index (Phi) is 5.45. The van der Waals surface area contributed by atoms with Crippen LogP contribution in [0.1, 0.15) is 25.1 Å². The third-order valence-electron chi connectivity index (χ3n) is 2.93. The first-order valence-electron chi connectivity index (χ1n) is 6.73. The molecule has 0 radical (unpaired) electrons. The highest BCUT2D eigenvalue weighted by atomic mass is 32.2. The Morgan fingerprint density at radius 2 is 2.25 bits per heavy atom. The van der Waals surface area contributed by atoms with Crippen molar-refractivity contribution in [3.8, 4) is 0 Å². The summed E-state index contributed by atoms with van der Waals surface area (Å²) in [5.74, 6) is 9.08. The third kappa shape index (κ3) is 3.74. The average molecular weight is 311 g/mol. The van der Waals surface area contributed by atoms with Gasteiger partial charge < -0.3 is 5.32 Å². The summed E-state index contributed by atoms with van der Waals surface area (Å²) in [6.07, 6.45) is 1.11. The lowest BCUT2D eigenvalue weighted by molar-refractivity contribution is 0.768. The van der Waals surface area contributed by atoms with Crippen molar-refractivity contribution in [3.05, 3.63) is 10.9 Å². The van der Waals surface area contributed by atoms with Crippen LogP contribution in [0.2, 0.25) is 0 Å². The number of rotatable bonds is 7. The average Bonchev–Trinajstić information content (AvgIpc) is 2.79. The highest BCUT2D eigenvalue weighted by Gasteiger charge is 2.12. The highest BCUT2D eigenvalue weighted by Crippen LogP contribution is 2.30. The van der Waals surface area contributed by atoms with Crippen molar-refractivity contribution in [2.75, 3.05) is 22.2 Å². The van der Waals surface area contributed by atoms with E-state index in [0.717, 1.165) is 34.0 Å². The molecule has 0 aliphatic heterocycles. The van der Waals surface area contributed by atoms with Crippen molar-refractivity contribution < 1.29 is 0 Å². The number of thiophene rings is 1. The molecule has 0 saturated heterocycles. The number of thioether (sulfide) groups is 1. The van der Waals surface area contributed by atoms with E-state index in [1.54, 1.807) is 11.3 Å². The van der Waals surface area contributed by atoms with Crippen molar-refractivity contribution in [1.82, 2.24) is 9.97 Å². The van der Waals surface area contributed by atoms with Gasteiger partial charge in [-0.1, -0.05) is 6.92 Å². The number of nitrogens with one attached hydrogen (secondary N) is 2. The van der Waals surface area contributed by atoms with Crippen LogP contribution in [0.5, 0.6) is 0 Å². The Labute approximate surface area is 127 Å². The maximum atomic E-state index is 5.44. The zero-order chi connectivity index (χ0) is 14.5. The SMILES string of the molecule is CCSCCC(C)Nc1nc(NN)nc2sc(C)cc12. The van der Waals surface area contributed by atoms with Crippen LogP contribution >= 0.6 is 23.1 Å². The third-order valence-corrected chi connectivity index (χ3v) is 4.80. The molecule has 0 saturated carbocycles. The molecule has 7 heteroatoms. The number of aryl methyl sites for hydroxylation is 1. The number of nitrogens with zero attached hydrogens (tertiary/aromatic N) is 2. The van der Waals surface area contributed by atoms with E-state index in [1.165, 1.54) is 4.88 Å². The molecule has 0 spiro atoms. The molecule has 0 amide bonds. The molecule has 2 aromatic rings. The van der Waals surface area contributed by atoms with Crippen LogP contribution in [-0.4, -0.2) is 27.5 Å². The van der Waals surface area contributed by atoms with Crippen molar-refractivity contribution >= 4 is 45.1 Å². The lowest BCUT2D eigenvalue weighted by Crippen LogP contribution is -2.18. The molecule has 0 bridgehead atoms. The maximum absolute atomic E-state index is 5.44. The molecule has 0 aliphatic carbocycles. The van der Waals surface area contributed by atoms with Crippen LogP contribution in [0.3, 0.4) is 0 Å². The van der Waals surface area contributed by atoms with Gasteiger partial charge >= 0.3 is 0 Å². The number of nitrogen functional groups attached to an aromatic ring is 1. The number of hydrazine groups is 1. The summed E-state index contributed by atoms with van der Waals surface area (Å²) in [6.45, 7) is 6.44. The number of hydrogen-bond acceptors (Lipinski definition) is 7. The number of aromatic nitrogens is 2. The first-order valence-corrected chi connectivity index (χ1v) is 8.70. The van der Waals surface area contributed by atoms with Crippen LogP contribution in [0.25, 0.3) is 10.2 Å². The smallest absolute Gasteiger partial charge is 0.240 e. The summed E-state index contributed by atoms with van der Waals surface area (Å²) < 4.78 is 0. The van der Waals surface area contributed by atoms with Gasteiger partial charge in [-0.15, -0.1) is 11.3 Å². The van der Waals surface area contributed by atoms with Gasteiger partial charge in [0.15, 0.2) is 0 Å². The molecule has 110 valence electrons. The number of fused-ring (bicyclic) bond motifs is 1. The van der Waals surface area contributed by atoms with E-state index in [0.29, 0.717) is 12.0 Å². The van der Waals surface area contributed by atoms with Crippen LogP contribution < -0.4 is 16.6 Å². The fraction of sp³-hybridized carbons (Fsp3) is 0.538. The Morgan fingerprint density at radius 1 is 1.45 bits per heavy atom. The molecule has 4 N–H and O–H groups in total. The van der Waals surface area contributed by atoms with Gasteiger partial charge in [0.25, 0.3) is 0 Å². The molecular weight excluding hydrogens is 290 g/mol.